The van der Waals surface area contributed by atoms with Crippen LogP contribution in [0.15, 0.2) is 0 Å². The lowest BCUT2D eigenvalue weighted by atomic mass is 10.0. The van der Waals surface area contributed by atoms with Gasteiger partial charge in [-0.25, -0.2) is 0 Å². The van der Waals surface area contributed by atoms with Gasteiger partial charge in [-0.1, -0.05) is 13.8 Å². The highest BCUT2D eigenvalue weighted by atomic mass is 16.4. The highest BCUT2D eigenvalue weighted by Crippen LogP contribution is 2.08. The third-order valence-electron chi connectivity index (χ3n) is 5.01. The quantitative estimate of drug-likeness (QED) is 0.135. The molecule has 0 aliphatic carbocycles. The van der Waals surface area contributed by atoms with Crippen LogP contribution in [0.25, 0.3) is 0 Å². The van der Waals surface area contributed by atoms with E-state index in [4.69, 9.17) is 5.11 Å². The molecule has 8 N–H and O–H groups in total. The fourth-order valence-corrected chi connectivity index (χ4v) is 3.28. The summed E-state index contributed by atoms with van der Waals surface area (Å²) in [5.74, 6) is -4.26. The van der Waals surface area contributed by atoms with Gasteiger partial charge in [0.05, 0.1) is 18.8 Å². The lowest BCUT2D eigenvalue weighted by Gasteiger charge is -2.27. The van der Waals surface area contributed by atoms with Crippen molar-refractivity contribution in [3.8, 4) is 0 Å². The predicted octanol–water partition coefficient (Wildman–Crippen LogP) is -3.19. The van der Waals surface area contributed by atoms with Gasteiger partial charge in [-0.05, 0) is 38.6 Å². The second-order valence-corrected chi connectivity index (χ2v) is 8.42. The van der Waals surface area contributed by atoms with E-state index in [1.165, 1.54) is 6.92 Å². The molecule has 0 saturated carbocycles. The maximum absolute atomic E-state index is 12.8. The molecule has 0 spiro atoms. The van der Waals surface area contributed by atoms with Gasteiger partial charge in [-0.3, -0.25) is 24.0 Å². The van der Waals surface area contributed by atoms with E-state index < -0.39 is 73.0 Å². The Morgan fingerprint density at radius 1 is 0.970 bits per heavy atom. The molecule has 33 heavy (non-hydrogen) atoms. The van der Waals surface area contributed by atoms with Crippen molar-refractivity contribution in [1.82, 2.24) is 26.6 Å². The molecule has 1 fully saturated rings. The van der Waals surface area contributed by atoms with Gasteiger partial charge in [-0.15, -0.1) is 0 Å². The van der Waals surface area contributed by atoms with Gasteiger partial charge in [0.25, 0.3) is 0 Å². The number of rotatable bonds is 13. The Bertz CT molecular complexity index is 709. The minimum Gasteiger partial charge on any atom is -0.480 e. The lowest BCUT2D eigenvalue weighted by molar-refractivity contribution is -0.139. The molecule has 1 saturated heterocycles. The van der Waals surface area contributed by atoms with Crippen LogP contribution in [0, 0.1) is 5.92 Å². The summed E-state index contributed by atoms with van der Waals surface area (Å²) in [4.78, 5) is 60.6. The first-order valence-electron chi connectivity index (χ1n) is 10.9. The minimum atomic E-state index is -1.45. The Balaban J connectivity index is 2.85. The van der Waals surface area contributed by atoms with Crippen molar-refractivity contribution in [2.24, 2.45) is 5.92 Å². The average molecular weight is 474 g/mol. The molecule has 0 aromatic carbocycles. The van der Waals surface area contributed by atoms with E-state index in [0.29, 0.717) is 13.0 Å². The van der Waals surface area contributed by atoms with Gasteiger partial charge < -0.3 is 41.9 Å². The molecule has 0 bridgehead atoms. The van der Waals surface area contributed by atoms with Crippen LogP contribution in [0.4, 0.5) is 0 Å². The molecule has 188 valence electrons. The number of carbonyl (C=O) groups is 5. The van der Waals surface area contributed by atoms with Crippen molar-refractivity contribution >= 4 is 29.6 Å². The number of aliphatic carboxylic acids is 1. The molecule has 0 aromatic rings. The zero-order valence-corrected chi connectivity index (χ0v) is 19.1. The van der Waals surface area contributed by atoms with Gasteiger partial charge in [0, 0.05) is 0 Å². The molecule has 1 aliphatic heterocycles. The molecule has 0 unspecified atom stereocenters. The maximum Gasteiger partial charge on any atom is 0.322 e. The zero-order valence-electron chi connectivity index (χ0n) is 19.1. The Morgan fingerprint density at radius 2 is 1.61 bits per heavy atom. The molecule has 5 atom stereocenters. The van der Waals surface area contributed by atoms with Crippen LogP contribution in [0.5, 0.6) is 0 Å². The topological polar surface area (TPSA) is 206 Å². The number of carbonyl (C=O) groups excluding carboxylic acids is 4. The number of amides is 4. The van der Waals surface area contributed by atoms with Crippen LogP contribution in [-0.4, -0.2) is 94.9 Å². The SMILES string of the molecule is CC(C)C[C@H](NC(=O)[C@H](CO)NC(=O)[C@@H]1CCCN1)C(=O)N[C@H](C(=O)NCC(=O)O)[C@@H](C)O. The number of carboxylic acid groups (broad SMARTS) is 1. The summed E-state index contributed by atoms with van der Waals surface area (Å²) < 4.78 is 0. The van der Waals surface area contributed by atoms with Crippen LogP contribution in [0.1, 0.15) is 40.0 Å². The van der Waals surface area contributed by atoms with Gasteiger partial charge in [0.15, 0.2) is 0 Å². The third kappa shape index (κ3) is 9.72. The summed E-state index contributed by atoms with van der Waals surface area (Å²) in [5.41, 5.74) is 0. The van der Waals surface area contributed by atoms with Gasteiger partial charge in [0.1, 0.15) is 24.7 Å². The molecule has 4 amide bonds. The molecule has 0 radical (unpaired) electrons. The van der Waals surface area contributed by atoms with Crippen LogP contribution in [-0.2, 0) is 24.0 Å². The summed E-state index contributed by atoms with van der Waals surface area (Å²) in [6.45, 7) is 4.14. The van der Waals surface area contributed by atoms with E-state index in [1.807, 2.05) is 0 Å². The van der Waals surface area contributed by atoms with Gasteiger partial charge in [0.2, 0.25) is 23.6 Å². The summed E-state index contributed by atoms with van der Waals surface area (Å²) >= 11 is 0. The number of hydrogen-bond acceptors (Lipinski definition) is 8. The number of carboxylic acids is 1. The van der Waals surface area contributed by atoms with Crippen LogP contribution in [0.2, 0.25) is 0 Å². The van der Waals surface area contributed by atoms with Crippen LogP contribution in [0.3, 0.4) is 0 Å². The molecular weight excluding hydrogens is 438 g/mol. The molecule has 1 heterocycles. The molecule has 1 rings (SSSR count). The number of aliphatic hydroxyl groups is 2. The first kappa shape index (κ1) is 28.3. The maximum atomic E-state index is 12.8. The summed E-state index contributed by atoms with van der Waals surface area (Å²) in [5, 5.41) is 40.5. The van der Waals surface area contributed by atoms with Crippen molar-refractivity contribution in [3.63, 3.8) is 0 Å². The van der Waals surface area contributed by atoms with Crippen LogP contribution < -0.4 is 26.6 Å². The zero-order chi connectivity index (χ0) is 25.1. The standard InChI is InChI=1S/C20H35N5O8/c1-10(2)7-13(18(31)25-16(11(3)27)20(33)22-8-15(28)29)23-19(32)14(9-26)24-17(30)12-5-4-6-21-12/h10-14,16,21,26-27H,4-9H2,1-3H3,(H,22,33)(H,23,32)(H,24,30)(H,25,31)(H,28,29)/t11-,12+,13+,14+,16+/m1/s1. The monoisotopic (exact) mass is 473 g/mol. The van der Waals surface area contributed by atoms with Crippen molar-refractivity contribution < 1.29 is 39.3 Å². The van der Waals surface area contributed by atoms with E-state index in [0.717, 1.165) is 6.42 Å². The van der Waals surface area contributed by atoms with E-state index in [-0.39, 0.29) is 12.3 Å². The fraction of sp³-hybridized carbons (Fsp3) is 0.750. The highest BCUT2D eigenvalue weighted by molar-refractivity contribution is 5.95. The number of nitrogens with one attached hydrogen (secondary N) is 5. The molecule has 0 aromatic heterocycles. The first-order chi connectivity index (χ1) is 15.5. The van der Waals surface area contributed by atoms with Crippen molar-refractivity contribution in [1.29, 1.82) is 0 Å². The van der Waals surface area contributed by atoms with E-state index in [9.17, 15) is 34.2 Å². The Morgan fingerprint density at radius 3 is 2.09 bits per heavy atom. The van der Waals surface area contributed by atoms with Crippen LogP contribution >= 0.6 is 0 Å². The largest absolute Gasteiger partial charge is 0.480 e. The fourth-order valence-electron chi connectivity index (χ4n) is 3.28. The summed E-state index contributed by atoms with van der Waals surface area (Å²) in [6, 6.07) is -4.33. The number of hydrogen-bond donors (Lipinski definition) is 8. The Hall–Kier alpha value is -2.77. The molecular formula is C20H35N5O8. The Kier molecular flexibility index (Phi) is 11.7. The minimum absolute atomic E-state index is 0.0586. The average Bonchev–Trinajstić information content (AvgIpc) is 3.27. The second kappa shape index (κ2) is 13.7. The van der Waals surface area contributed by atoms with E-state index in [2.05, 4.69) is 26.6 Å². The molecule has 13 heteroatoms. The predicted molar refractivity (Wildman–Crippen MR) is 116 cm³/mol. The second-order valence-electron chi connectivity index (χ2n) is 8.42. The third-order valence-corrected chi connectivity index (χ3v) is 5.01. The highest BCUT2D eigenvalue weighted by Gasteiger charge is 2.32. The lowest BCUT2D eigenvalue weighted by Crippen LogP contribution is -2.60. The van der Waals surface area contributed by atoms with Crippen molar-refractivity contribution in [3.05, 3.63) is 0 Å². The molecule has 1 aliphatic rings. The summed E-state index contributed by atoms with van der Waals surface area (Å²) in [6.07, 6.45) is 0.239. The summed E-state index contributed by atoms with van der Waals surface area (Å²) in [7, 11) is 0. The van der Waals surface area contributed by atoms with Gasteiger partial charge >= 0.3 is 5.97 Å². The van der Waals surface area contributed by atoms with E-state index in [1.54, 1.807) is 13.8 Å². The van der Waals surface area contributed by atoms with E-state index >= 15 is 0 Å². The number of aliphatic hydroxyl groups excluding tert-OH is 2. The normalized spacial score (nSPS) is 19.2. The first-order valence-corrected chi connectivity index (χ1v) is 10.9. The molecule has 13 nitrogen and oxygen atoms in total. The smallest absolute Gasteiger partial charge is 0.322 e. The van der Waals surface area contributed by atoms with Crippen molar-refractivity contribution in [2.75, 3.05) is 19.7 Å². The van der Waals surface area contributed by atoms with Crippen molar-refractivity contribution in [2.45, 2.75) is 70.3 Å². The Labute approximate surface area is 192 Å². The van der Waals surface area contributed by atoms with Gasteiger partial charge in [-0.2, -0.15) is 0 Å².